The molecule has 3 heteroatoms. The van der Waals surface area contributed by atoms with Gasteiger partial charge < -0.3 is 0 Å². The average Bonchev–Trinajstić information content (AvgIpc) is 2.20. The van der Waals surface area contributed by atoms with Crippen molar-refractivity contribution in [3.63, 3.8) is 0 Å². The number of hydrogen-bond donors (Lipinski definition) is 0. The Morgan fingerprint density at radius 3 is 2.38 bits per heavy atom. The Labute approximate surface area is 78.1 Å². The molecule has 0 aliphatic heterocycles. The topological polar surface area (TPSA) is 25.8 Å². The second kappa shape index (κ2) is 3.39. The highest BCUT2D eigenvalue weighted by molar-refractivity contribution is 6.32. The smallest absolute Gasteiger partial charge is 0.115 e. The highest BCUT2D eigenvalue weighted by Crippen LogP contribution is 2.10. The predicted molar refractivity (Wildman–Crippen MR) is 52.9 cm³/mol. The maximum atomic E-state index is 5.52. The summed E-state index contributed by atoms with van der Waals surface area (Å²) < 4.78 is 0. The van der Waals surface area contributed by atoms with Crippen LogP contribution in [0, 0.1) is 0 Å². The summed E-state index contributed by atoms with van der Waals surface area (Å²) >= 11 is 0. The molecule has 2 heterocycles. The van der Waals surface area contributed by atoms with Crippen LogP contribution in [0.25, 0.3) is 11.4 Å². The molecule has 0 amide bonds. The summed E-state index contributed by atoms with van der Waals surface area (Å²) in [6, 6.07) is 9.40. The van der Waals surface area contributed by atoms with Gasteiger partial charge in [-0.15, -0.1) is 0 Å². The summed E-state index contributed by atoms with van der Waals surface area (Å²) in [6.45, 7) is 0. The van der Waals surface area contributed by atoms with Crippen molar-refractivity contribution < 1.29 is 0 Å². The fraction of sp³-hybridized carbons (Fsp3) is 0. The first-order chi connectivity index (χ1) is 6.36. The SMILES string of the molecule is [B]c1ccc(-c2ccccn2)nc1. The van der Waals surface area contributed by atoms with Crippen LogP contribution in [-0.4, -0.2) is 17.8 Å². The van der Waals surface area contributed by atoms with E-state index in [1.165, 1.54) is 0 Å². The van der Waals surface area contributed by atoms with Gasteiger partial charge in [0.2, 0.25) is 0 Å². The minimum absolute atomic E-state index is 0.666. The number of pyridine rings is 2. The van der Waals surface area contributed by atoms with Crippen molar-refractivity contribution in [3.8, 4) is 11.4 Å². The van der Waals surface area contributed by atoms with E-state index in [2.05, 4.69) is 9.97 Å². The zero-order valence-electron chi connectivity index (χ0n) is 7.01. The van der Waals surface area contributed by atoms with Crippen LogP contribution >= 0.6 is 0 Å². The molecule has 0 unspecified atom stereocenters. The lowest BCUT2D eigenvalue weighted by Gasteiger charge is -1.98. The summed E-state index contributed by atoms with van der Waals surface area (Å²) in [4.78, 5) is 8.34. The molecule has 2 aromatic heterocycles. The van der Waals surface area contributed by atoms with Gasteiger partial charge in [-0.25, -0.2) is 0 Å². The van der Waals surface area contributed by atoms with Crippen molar-refractivity contribution in [2.75, 3.05) is 0 Å². The maximum Gasteiger partial charge on any atom is 0.115 e. The molecular weight excluding hydrogens is 159 g/mol. The Hall–Kier alpha value is -1.64. The van der Waals surface area contributed by atoms with E-state index in [1.807, 2.05) is 30.3 Å². The van der Waals surface area contributed by atoms with E-state index < -0.39 is 0 Å². The Balaban J connectivity index is 2.42. The summed E-state index contributed by atoms with van der Waals surface area (Å²) in [5.74, 6) is 0. The minimum Gasteiger partial charge on any atom is -0.255 e. The zero-order chi connectivity index (χ0) is 9.10. The third-order valence-corrected chi connectivity index (χ3v) is 1.71. The van der Waals surface area contributed by atoms with Crippen molar-refractivity contribution in [1.82, 2.24) is 9.97 Å². The number of aromatic nitrogens is 2. The highest BCUT2D eigenvalue weighted by atomic mass is 14.8. The van der Waals surface area contributed by atoms with Gasteiger partial charge in [0.15, 0.2) is 0 Å². The lowest BCUT2D eigenvalue weighted by Crippen LogP contribution is -2.02. The third-order valence-electron chi connectivity index (χ3n) is 1.71. The van der Waals surface area contributed by atoms with Gasteiger partial charge in [0.25, 0.3) is 0 Å². The standard InChI is InChI=1S/C10H7BN2/c11-8-4-5-10(13-7-8)9-3-1-2-6-12-9/h1-7H. The second-order valence-electron chi connectivity index (χ2n) is 2.69. The first kappa shape index (κ1) is 7.99. The average molecular weight is 166 g/mol. The summed E-state index contributed by atoms with van der Waals surface area (Å²) in [7, 11) is 5.52. The Kier molecular flexibility index (Phi) is 2.09. The van der Waals surface area contributed by atoms with Crippen LogP contribution in [0.4, 0.5) is 0 Å². The molecule has 0 atom stereocenters. The Morgan fingerprint density at radius 1 is 0.923 bits per heavy atom. The van der Waals surface area contributed by atoms with E-state index in [0.717, 1.165) is 11.4 Å². The molecule has 0 saturated heterocycles. The van der Waals surface area contributed by atoms with E-state index in [4.69, 9.17) is 7.85 Å². The number of hydrogen-bond acceptors (Lipinski definition) is 2. The van der Waals surface area contributed by atoms with Crippen LogP contribution in [0.15, 0.2) is 42.7 Å². The van der Waals surface area contributed by atoms with Gasteiger partial charge in [0, 0.05) is 12.4 Å². The largest absolute Gasteiger partial charge is 0.255 e. The zero-order valence-corrected chi connectivity index (χ0v) is 7.01. The molecule has 0 saturated carbocycles. The monoisotopic (exact) mass is 166 g/mol. The van der Waals surface area contributed by atoms with Gasteiger partial charge in [-0.1, -0.05) is 17.6 Å². The van der Waals surface area contributed by atoms with Crippen LogP contribution in [0.2, 0.25) is 0 Å². The van der Waals surface area contributed by atoms with Gasteiger partial charge in [-0.05, 0) is 18.2 Å². The van der Waals surface area contributed by atoms with E-state index in [0.29, 0.717) is 5.46 Å². The van der Waals surface area contributed by atoms with Crippen LogP contribution < -0.4 is 5.46 Å². The molecule has 0 aliphatic rings. The lowest BCUT2D eigenvalue weighted by atomic mass is 9.98. The molecule has 0 N–H and O–H groups in total. The van der Waals surface area contributed by atoms with E-state index in [1.54, 1.807) is 12.4 Å². The van der Waals surface area contributed by atoms with Crippen molar-refractivity contribution in [2.45, 2.75) is 0 Å². The normalized spacial score (nSPS) is 9.85. The van der Waals surface area contributed by atoms with Gasteiger partial charge in [-0.2, -0.15) is 0 Å². The van der Waals surface area contributed by atoms with Gasteiger partial charge in [0.1, 0.15) is 7.85 Å². The van der Waals surface area contributed by atoms with Crippen molar-refractivity contribution in [3.05, 3.63) is 42.7 Å². The highest BCUT2D eigenvalue weighted by Gasteiger charge is 1.97. The van der Waals surface area contributed by atoms with Gasteiger partial charge in [0.05, 0.1) is 11.4 Å². The van der Waals surface area contributed by atoms with Crippen molar-refractivity contribution >= 4 is 13.3 Å². The summed E-state index contributed by atoms with van der Waals surface area (Å²) in [5, 5.41) is 0. The van der Waals surface area contributed by atoms with Crippen molar-refractivity contribution in [2.24, 2.45) is 0 Å². The van der Waals surface area contributed by atoms with E-state index in [-0.39, 0.29) is 0 Å². The minimum atomic E-state index is 0.666. The first-order valence-electron chi connectivity index (χ1n) is 3.99. The fourth-order valence-corrected chi connectivity index (χ4v) is 1.07. The quantitative estimate of drug-likeness (QED) is 0.589. The van der Waals surface area contributed by atoms with Crippen molar-refractivity contribution in [1.29, 1.82) is 0 Å². The molecule has 0 aromatic carbocycles. The molecule has 0 fully saturated rings. The first-order valence-corrected chi connectivity index (χ1v) is 3.99. The molecule has 0 bridgehead atoms. The molecule has 0 spiro atoms. The molecule has 2 rings (SSSR count). The maximum absolute atomic E-state index is 5.52. The number of nitrogens with zero attached hydrogens (tertiary/aromatic N) is 2. The van der Waals surface area contributed by atoms with E-state index in [9.17, 15) is 0 Å². The second-order valence-corrected chi connectivity index (χ2v) is 2.69. The third kappa shape index (κ3) is 1.75. The number of rotatable bonds is 1. The van der Waals surface area contributed by atoms with Gasteiger partial charge >= 0.3 is 0 Å². The van der Waals surface area contributed by atoms with Crippen LogP contribution in [0.3, 0.4) is 0 Å². The van der Waals surface area contributed by atoms with Gasteiger partial charge in [-0.3, -0.25) is 9.97 Å². The molecule has 2 aromatic rings. The molecule has 13 heavy (non-hydrogen) atoms. The fourth-order valence-electron chi connectivity index (χ4n) is 1.07. The summed E-state index contributed by atoms with van der Waals surface area (Å²) in [5.41, 5.74) is 2.37. The van der Waals surface area contributed by atoms with Crippen LogP contribution in [0.5, 0.6) is 0 Å². The molecular formula is C10H7BN2. The Morgan fingerprint density at radius 2 is 1.77 bits per heavy atom. The molecule has 60 valence electrons. The lowest BCUT2D eigenvalue weighted by molar-refractivity contribution is 1.25. The Bertz CT molecular complexity index is 383. The van der Waals surface area contributed by atoms with Crippen LogP contribution in [-0.2, 0) is 0 Å². The predicted octanol–water partition coefficient (Wildman–Crippen LogP) is 0.937. The molecule has 0 aliphatic carbocycles. The molecule has 2 nitrogen and oxygen atoms in total. The van der Waals surface area contributed by atoms with Crippen LogP contribution in [0.1, 0.15) is 0 Å². The summed E-state index contributed by atoms with van der Waals surface area (Å²) in [6.07, 6.45) is 3.37. The molecule has 2 radical (unpaired) electrons. The van der Waals surface area contributed by atoms with E-state index >= 15 is 0 Å².